The Balaban J connectivity index is 1.41. The number of H-pyrrole nitrogens is 1. The van der Waals surface area contributed by atoms with Crippen molar-refractivity contribution in [3.8, 4) is 0 Å². The van der Waals surface area contributed by atoms with E-state index in [2.05, 4.69) is 4.98 Å². The molecule has 6 nitrogen and oxygen atoms in total. The number of rotatable bonds is 9. The Morgan fingerprint density at radius 2 is 1.72 bits per heavy atom. The van der Waals surface area contributed by atoms with Crippen molar-refractivity contribution in [2.75, 3.05) is 6.61 Å². The Kier molecular flexibility index (Phi) is 7.65. The second-order valence-electron chi connectivity index (χ2n) is 8.09. The number of benzene rings is 2. The average Bonchev–Trinajstić information content (AvgIpc) is 3.19. The van der Waals surface area contributed by atoms with Gasteiger partial charge in [-0.2, -0.15) is 0 Å². The number of aryl methyl sites for hydroxylation is 1. The third-order valence-corrected chi connectivity index (χ3v) is 5.99. The lowest BCUT2D eigenvalue weighted by molar-refractivity contribution is -0.0728. The summed E-state index contributed by atoms with van der Waals surface area (Å²) in [6.45, 7) is 3.78. The summed E-state index contributed by atoms with van der Waals surface area (Å²) in [6.07, 6.45) is 2.00. The van der Waals surface area contributed by atoms with Gasteiger partial charge in [0.1, 0.15) is 10.7 Å². The lowest BCUT2D eigenvalue weighted by atomic mass is 10.1. The van der Waals surface area contributed by atoms with E-state index in [-0.39, 0.29) is 24.0 Å². The first kappa shape index (κ1) is 22.6. The number of ether oxygens (including phenoxy) is 3. The molecule has 0 unspecified atom stereocenters. The zero-order valence-electron chi connectivity index (χ0n) is 18.1. The summed E-state index contributed by atoms with van der Waals surface area (Å²) >= 11 is 5.15. The molecule has 0 aliphatic carbocycles. The van der Waals surface area contributed by atoms with Crippen LogP contribution in [0, 0.1) is 11.6 Å². The minimum atomic E-state index is -0.227. The van der Waals surface area contributed by atoms with Gasteiger partial charge in [-0.15, -0.1) is 0 Å². The highest BCUT2D eigenvalue weighted by atomic mass is 32.1. The molecule has 7 heteroatoms. The molecule has 1 saturated heterocycles. The fourth-order valence-corrected chi connectivity index (χ4v) is 4.00. The molecule has 1 aliphatic rings. The molecule has 32 heavy (non-hydrogen) atoms. The minimum Gasteiger partial charge on any atom is -0.374 e. The van der Waals surface area contributed by atoms with E-state index in [1.54, 1.807) is 10.8 Å². The van der Waals surface area contributed by atoms with Crippen molar-refractivity contribution < 1.29 is 14.2 Å². The van der Waals surface area contributed by atoms with E-state index in [0.29, 0.717) is 37.4 Å². The number of hydrogen-bond acceptors (Lipinski definition) is 5. The van der Waals surface area contributed by atoms with Crippen molar-refractivity contribution in [2.45, 2.75) is 51.4 Å². The van der Waals surface area contributed by atoms with Crippen LogP contribution in [0.25, 0.3) is 0 Å². The smallest absolute Gasteiger partial charge is 0.326 e. The Labute approximate surface area is 192 Å². The first-order valence-corrected chi connectivity index (χ1v) is 11.2. The molecule has 0 amide bonds. The normalized spacial score (nSPS) is 20.5. The van der Waals surface area contributed by atoms with E-state index in [1.165, 1.54) is 0 Å². The van der Waals surface area contributed by atoms with Gasteiger partial charge in [0, 0.05) is 18.2 Å². The van der Waals surface area contributed by atoms with Crippen LogP contribution in [-0.2, 0) is 34.0 Å². The zero-order valence-corrected chi connectivity index (χ0v) is 18.9. The summed E-state index contributed by atoms with van der Waals surface area (Å²) in [6, 6.07) is 20.1. The second kappa shape index (κ2) is 10.8. The van der Waals surface area contributed by atoms with Gasteiger partial charge in [0.05, 0.1) is 38.6 Å². The van der Waals surface area contributed by atoms with Gasteiger partial charge in [0.25, 0.3) is 0 Å². The Hall–Kier alpha value is -2.58. The molecule has 1 aromatic heterocycles. The highest BCUT2D eigenvalue weighted by Gasteiger charge is 2.36. The van der Waals surface area contributed by atoms with Crippen molar-refractivity contribution in [1.82, 2.24) is 9.55 Å². The highest BCUT2D eigenvalue weighted by Crippen LogP contribution is 2.26. The minimum absolute atomic E-state index is 0.116. The van der Waals surface area contributed by atoms with E-state index in [9.17, 15) is 4.79 Å². The fraction of sp³-hybridized carbons (Fsp3) is 0.360. The summed E-state index contributed by atoms with van der Waals surface area (Å²) in [7, 11) is 0. The molecular weight excluding hydrogens is 424 g/mol. The van der Waals surface area contributed by atoms with Crippen LogP contribution in [0.15, 0.2) is 71.7 Å². The lowest BCUT2D eigenvalue weighted by Gasteiger charge is -2.19. The van der Waals surface area contributed by atoms with Gasteiger partial charge >= 0.3 is 5.69 Å². The number of hydrogen-bond donors (Lipinski definition) is 1. The molecule has 0 spiro atoms. The van der Waals surface area contributed by atoms with Gasteiger partial charge in [-0.05, 0) is 18.1 Å². The predicted molar refractivity (Wildman–Crippen MR) is 125 cm³/mol. The third kappa shape index (κ3) is 6.01. The molecule has 4 rings (SSSR count). The molecule has 0 saturated carbocycles. The molecule has 3 aromatic rings. The SMILES string of the molecule is Cc1cn(C[C@H]2C[C@H](OCc3ccccc3)[C@@H](COCc3ccccc3)O2)c(=O)[nH]c1=S. The number of aromatic amines is 1. The molecule has 3 atom stereocenters. The Morgan fingerprint density at radius 1 is 1.06 bits per heavy atom. The van der Waals surface area contributed by atoms with Crippen LogP contribution in [-0.4, -0.2) is 34.5 Å². The first-order valence-electron chi connectivity index (χ1n) is 10.8. The van der Waals surface area contributed by atoms with Crippen LogP contribution in [0.4, 0.5) is 0 Å². The molecular formula is C25H28N2O4S. The third-order valence-electron chi connectivity index (χ3n) is 5.57. The maximum Gasteiger partial charge on any atom is 0.326 e. The monoisotopic (exact) mass is 452 g/mol. The number of nitrogens with zero attached hydrogens (tertiary/aromatic N) is 1. The fourth-order valence-electron chi connectivity index (χ4n) is 3.86. The van der Waals surface area contributed by atoms with Gasteiger partial charge in [0.2, 0.25) is 0 Å². The van der Waals surface area contributed by atoms with Gasteiger partial charge in [-0.1, -0.05) is 72.9 Å². The Morgan fingerprint density at radius 3 is 2.41 bits per heavy atom. The van der Waals surface area contributed by atoms with E-state index >= 15 is 0 Å². The summed E-state index contributed by atoms with van der Waals surface area (Å²) in [4.78, 5) is 15.0. The van der Waals surface area contributed by atoms with E-state index in [0.717, 1.165) is 16.7 Å². The van der Waals surface area contributed by atoms with Crippen LogP contribution in [0.3, 0.4) is 0 Å². The van der Waals surface area contributed by atoms with Crippen molar-refractivity contribution in [3.05, 3.63) is 98.7 Å². The van der Waals surface area contributed by atoms with Crippen LogP contribution in [0.2, 0.25) is 0 Å². The maximum absolute atomic E-state index is 12.3. The average molecular weight is 453 g/mol. The molecule has 2 heterocycles. The molecule has 1 aliphatic heterocycles. The first-order chi connectivity index (χ1) is 15.6. The summed E-state index contributed by atoms with van der Waals surface area (Å²) in [5.41, 5.74) is 2.86. The van der Waals surface area contributed by atoms with E-state index in [1.807, 2.05) is 67.6 Å². The predicted octanol–water partition coefficient (Wildman–Crippen LogP) is 4.17. The number of nitrogens with one attached hydrogen (secondary N) is 1. The lowest BCUT2D eigenvalue weighted by Crippen LogP contribution is -2.30. The standard InChI is InChI=1S/C25H28N2O4S/c1-18-13-27(25(28)26-24(18)32)14-21-12-22(30-16-20-10-6-3-7-11-20)23(31-21)17-29-15-19-8-4-2-5-9-19/h2-11,13,21-23H,12,14-17H2,1H3,(H,26,28,32)/t21-,22+,23-/m1/s1. The highest BCUT2D eigenvalue weighted by molar-refractivity contribution is 7.71. The van der Waals surface area contributed by atoms with Crippen molar-refractivity contribution in [2.24, 2.45) is 0 Å². The molecule has 0 radical (unpaired) electrons. The second-order valence-corrected chi connectivity index (χ2v) is 8.50. The molecule has 168 valence electrons. The van der Waals surface area contributed by atoms with Crippen LogP contribution < -0.4 is 5.69 Å². The van der Waals surface area contributed by atoms with Crippen LogP contribution in [0.1, 0.15) is 23.1 Å². The zero-order chi connectivity index (χ0) is 22.3. The van der Waals surface area contributed by atoms with Crippen LogP contribution in [0.5, 0.6) is 0 Å². The van der Waals surface area contributed by atoms with E-state index in [4.69, 9.17) is 26.4 Å². The van der Waals surface area contributed by atoms with Gasteiger partial charge < -0.3 is 14.2 Å². The van der Waals surface area contributed by atoms with Crippen molar-refractivity contribution >= 4 is 12.2 Å². The van der Waals surface area contributed by atoms with Gasteiger partial charge in [-0.3, -0.25) is 9.55 Å². The Bertz CT molecular complexity index is 1110. The molecule has 0 bridgehead atoms. The number of aromatic nitrogens is 2. The summed E-state index contributed by atoms with van der Waals surface area (Å²) < 4.78 is 20.5. The largest absolute Gasteiger partial charge is 0.374 e. The van der Waals surface area contributed by atoms with E-state index < -0.39 is 0 Å². The summed E-state index contributed by atoms with van der Waals surface area (Å²) in [5, 5.41) is 0. The summed E-state index contributed by atoms with van der Waals surface area (Å²) in [5.74, 6) is 0. The molecule has 2 aromatic carbocycles. The van der Waals surface area contributed by atoms with Crippen LogP contribution >= 0.6 is 12.2 Å². The molecule has 1 fully saturated rings. The quantitative estimate of drug-likeness (QED) is 0.494. The van der Waals surface area contributed by atoms with Gasteiger partial charge in [0.15, 0.2) is 0 Å². The van der Waals surface area contributed by atoms with Crippen molar-refractivity contribution in [1.29, 1.82) is 0 Å². The van der Waals surface area contributed by atoms with Gasteiger partial charge in [-0.25, -0.2) is 4.79 Å². The maximum atomic E-state index is 12.3. The topological polar surface area (TPSA) is 65.5 Å². The van der Waals surface area contributed by atoms with Crippen molar-refractivity contribution in [3.63, 3.8) is 0 Å². The molecule has 1 N–H and O–H groups in total.